The zero-order valence-electron chi connectivity index (χ0n) is 30.5. The van der Waals surface area contributed by atoms with E-state index < -0.39 is 0 Å². The lowest BCUT2D eigenvalue weighted by molar-refractivity contribution is -0.115. The molecule has 0 saturated carbocycles. The molecule has 0 aliphatic heterocycles. The molecule has 0 saturated heterocycles. The van der Waals surface area contributed by atoms with Gasteiger partial charge in [-0.2, -0.15) is 9.97 Å². The van der Waals surface area contributed by atoms with Crippen molar-refractivity contribution in [2.75, 3.05) is 0 Å². The summed E-state index contributed by atoms with van der Waals surface area (Å²) < 4.78 is 36.6. The minimum atomic E-state index is -0.326. The van der Waals surface area contributed by atoms with Crippen molar-refractivity contribution < 1.29 is 22.6 Å². The quantitative estimate of drug-likeness (QED) is 0.163. The van der Waals surface area contributed by atoms with Gasteiger partial charge in [0.2, 0.25) is 23.4 Å². The average Bonchev–Trinajstić information content (AvgIpc) is 3.82. The third-order valence-corrected chi connectivity index (χ3v) is 6.56. The van der Waals surface area contributed by atoms with Crippen LogP contribution in [0.2, 0.25) is 0 Å². The summed E-state index contributed by atoms with van der Waals surface area (Å²) in [6.07, 6.45) is 3.23. The lowest BCUT2D eigenvalue weighted by Gasteiger charge is -2.11. The van der Waals surface area contributed by atoms with Crippen LogP contribution >= 0.6 is 12.4 Å². The molecular weight excluding hydrogens is 714 g/mol. The summed E-state index contributed by atoms with van der Waals surface area (Å²) in [5.74, 6) is 12.9. The van der Waals surface area contributed by atoms with E-state index in [1.54, 1.807) is 61.8 Å². The van der Waals surface area contributed by atoms with Crippen LogP contribution in [0.25, 0.3) is 23.0 Å². The van der Waals surface area contributed by atoms with Gasteiger partial charge in [-0.1, -0.05) is 60.0 Å². The molecule has 0 aliphatic rings. The van der Waals surface area contributed by atoms with Crippen molar-refractivity contribution in [3.8, 4) is 46.7 Å². The van der Waals surface area contributed by atoms with Crippen LogP contribution in [-0.4, -0.2) is 42.1 Å². The number of nitrogens with zero attached hydrogens (tertiary/aromatic N) is 6. The van der Waals surface area contributed by atoms with Gasteiger partial charge in [0.05, 0.1) is 12.1 Å². The van der Waals surface area contributed by atoms with Gasteiger partial charge >= 0.3 is 0 Å². The number of ketones is 1. The fourth-order valence-electron chi connectivity index (χ4n) is 4.23. The zero-order chi connectivity index (χ0) is 38.3. The second-order valence-corrected chi connectivity index (χ2v) is 12.0. The fraction of sp³-hybridized carbons (Fsp3) is 0.225. The Bertz CT molecular complexity index is 2230. The highest BCUT2D eigenvalue weighted by molar-refractivity contribution is 5.85. The summed E-state index contributed by atoms with van der Waals surface area (Å²) in [6.45, 7) is 10.9. The van der Waals surface area contributed by atoms with Gasteiger partial charge in [0.1, 0.15) is 28.8 Å². The topological polar surface area (TPSA) is 159 Å². The smallest absolute Gasteiger partial charge is 0.243 e. The van der Waals surface area contributed by atoms with Crippen molar-refractivity contribution in [3.63, 3.8) is 0 Å². The predicted molar refractivity (Wildman–Crippen MR) is 203 cm³/mol. The number of nitrogens with one attached hydrogen (secondary N) is 1. The average molecular weight is 753 g/mol. The van der Waals surface area contributed by atoms with Gasteiger partial charge in [0.25, 0.3) is 0 Å². The van der Waals surface area contributed by atoms with Crippen LogP contribution in [0.15, 0.2) is 94.2 Å². The van der Waals surface area contributed by atoms with Crippen LogP contribution in [0, 0.1) is 35.3 Å². The van der Waals surface area contributed by atoms with Crippen molar-refractivity contribution in [3.05, 3.63) is 131 Å². The lowest BCUT2D eigenvalue weighted by atomic mass is 10.2. The van der Waals surface area contributed by atoms with Crippen LogP contribution < -0.4 is 11.1 Å². The molecule has 2 unspecified atom stereocenters. The molecule has 3 N–H and O–H groups in total. The molecule has 278 valence electrons. The largest absolute Gasteiger partial charge is 0.337 e. The molecule has 0 bridgehead atoms. The van der Waals surface area contributed by atoms with Crippen LogP contribution in [0.5, 0.6) is 0 Å². The van der Waals surface area contributed by atoms with E-state index in [2.05, 4.69) is 73.1 Å². The van der Waals surface area contributed by atoms with Crippen molar-refractivity contribution >= 4 is 18.2 Å². The maximum atomic E-state index is 13.2. The number of carbonyl (C=O) groups is 1. The Kier molecular flexibility index (Phi) is 16.3. The zero-order valence-corrected chi connectivity index (χ0v) is 31.3. The molecule has 0 fully saturated rings. The van der Waals surface area contributed by atoms with Crippen LogP contribution in [-0.2, 0) is 4.79 Å². The van der Waals surface area contributed by atoms with E-state index in [0.717, 1.165) is 5.56 Å². The van der Waals surface area contributed by atoms with Crippen LogP contribution in [0.3, 0.4) is 0 Å². The number of hydrogen-bond acceptors (Lipinski definition) is 11. The molecule has 6 aromatic rings. The molecule has 14 heteroatoms. The van der Waals surface area contributed by atoms with E-state index in [1.165, 1.54) is 38.1 Å². The molecule has 4 heterocycles. The fourth-order valence-corrected chi connectivity index (χ4v) is 4.23. The number of hydrogen-bond donors (Lipinski definition) is 2. The highest BCUT2D eigenvalue weighted by Crippen LogP contribution is 2.18. The molecule has 0 aliphatic carbocycles. The van der Waals surface area contributed by atoms with Gasteiger partial charge in [0.15, 0.2) is 0 Å². The summed E-state index contributed by atoms with van der Waals surface area (Å²) in [5.41, 5.74) is 9.49. The lowest BCUT2D eigenvalue weighted by Crippen LogP contribution is -2.26. The molecule has 6 rings (SSSR count). The van der Waals surface area contributed by atoms with Gasteiger partial charge < -0.3 is 24.9 Å². The van der Waals surface area contributed by atoms with E-state index >= 15 is 0 Å². The molecule has 2 aromatic carbocycles. The Morgan fingerprint density at radius 2 is 1.11 bits per heavy atom. The number of nitrogens with two attached hydrogens (primary N) is 1. The van der Waals surface area contributed by atoms with E-state index in [-0.39, 0.29) is 41.9 Å². The minimum Gasteiger partial charge on any atom is -0.337 e. The van der Waals surface area contributed by atoms with Gasteiger partial charge in [-0.25, -0.2) is 8.78 Å². The predicted octanol–water partition coefficient (Wildman–Crippen LogP) is 7.44. The summed E-state index contributed by atoms with van der Waals surface area (Å²) in [5, 5.41) is 11.1. The maximum Gasteiger partial charge on any atom is 0.243 e. The second-order valence-electron chi connectivity index (χ2n) is 12.0. The Hall–Kier alpha value is -6.12. The van der Waals surface area contributed by atoms with Crippen molar-refractivity contribution in [1.29, 1.82) is 0 Å². The normalized spacial score (nSPS) is 11.1. The van der Waals surface area contributed by atoms with Gasteiger partial charge in [-0.3, -0.25) is 9.97 Å². The molecule has 0 radical (unpaired) electrons. The number of pyridine rings is 2. The molecule has 0 amide bonds. The first kappa shape index (κ1) is 42.3. The molecule has 2 atom stereocenters. The van der Waals surface area contributed by atoms with E-state index in [4.69, 9.17) is 14.8 Å². The molecule has 4 aromatic heterocycles. The Morgan fingerprint density at radius 3 is 1.48 bits per heavy atom. The Balaban J connectivity index is 0.000000261. The second kappa shape index (κ2) is 20.8. The SMILES string of the molecule is CC(C)=O.CC(C)NC(C)c1nc(-c2ccc(C#Cc3cccc(F)c3)cn2)no1.CC(N)c1nc(-c2ccc(C#Cc3cccc(F)c3)cn2)no1.Cl. The first-order chi connectivity index (χ1) is 25.4. The summed E-state index contributed by atoms with van der Waals surface area (Å²) >= 11 is 0. The van der Waals surface area contributed by atoms with Gasteiger partial charge in [0, 0.05) is 40.7 Å². The summed E-state index contributed by atoms with van der Waals surface area (Å²) in [4.78, 5) is 26.6. The van der Waals surface area contributed by atoms with E-state index in [9.17, 15) is 13.6 Å². The van der Waals surface area contributed by atoms with Gasteiger partial charge in [-0.05, 0) is 88.4 Å². The van der Waals surface area contributed by atoms with Crippen molar-refractivity contribution in [2.24, 2.45) is 5.73 Å². The Labute approximate surface area is 318 Å². The molecule has 0 spiro atoms. The third-order valence-electron chi connectivity index (χ3n) is 6.56. The summed E-state index contributed by atoms with van der Waals surface area (Å²) in [7, 11) is 0. The van der Waals surface area contributed by atoms with Gasteiger partial charge in [-0.15, -0.1) is 12.4 Å². The number of aromatic nitrogens is 6. The molecule has 11 nitrogen and oxygen atoms in total. The van der Waals surface area contributed by atoms with Crippen LogP contribution in [0.1, 0.15) is 87.7 Å². The standard InChI is InChI=1S/C20H19FN4O.C17H13FN4O.C3H6O.ClH/c1-13(2)23-14(3)20-24-19(25-26-20)18-10-9-16(12-22-18)8-7-15-5-4-6-17(21)11-15;1-11(19)17-21-16(22-23-17)15-8-7-13(10-20-15)6-5-12-3-2-4-14(18)9-12;1-3(2)4;/h4-6,9-14,23H,1-3H3;2-4,7-11H,19H2,1H3;1-2H3;1H. The first-order valence-electron chi connectivity index (χ1n) is 16.5. The van der Waals surface area contributed by atoms with Crippen LogP contribution in [0.4, 0.5) is 8.78 Å². The van der Waals surface area contributed by atoms with E-state index in [1.807, 2.05) is 13.0 Å². The summed E-state index contributed by atoms with van der Waals surface area (Å²) in [6, 6.07) is 19.4. The molecular formula is C40H39ClF2N8O3. The van der Waals surface area contributed by atoms with E-state index in [0.29, 0.717) is 57.6 Å². The number of benzene rings is 2. The Morgan fingerprint density at radius 1 is 0.685 bits per heavy atom. The minimum absolute atomic E-state index is 0. The highest BCUT2D eigenvalue weighted by Gasteiger charge is 2.16. The van der Waals surface area contributed by atoms with Crippen molar-refractivity contribution in [2.45, 2.75) is 59.7 Å². The molecule has 54 heavy (non-hydrogen) atoms. The highest BCUT2D eigenvalue weighted by atomic mass is 35.5. The number of halogens is 3. The number of Topliss-reactive ketones (excluding diaryl/α,β-unsaturated/α-hetero) is 1. The third kappa shape index (κ3) is 13.8. The number of carbonyl (C=O) groups excluding carboxylic acids is 1. The maximum absolute atomic E-state index is 13.2. The number of rotatable bonds is 6. The monoisotopic (exact) mass is 752 g/mol. The van der Waals surface area contributed by atoms with Crippen molar-refractivity contribution in [1.82, 2.24) is 35.6 Å². The first-order valence-corrected chi connectivity index (χ1v) is 16.5.